The van der Waals surface area contributed by atoms with Gasteiger partial charge in [0.1, 0.15) is 5.75 Å². The summed E-state index contributed by atoms with van der Waals surface area (Å²) in [7, 11) is 1.61. The van der Waals surface area contributed by atoms with Gasteiger partial charge in [-0.3, -0.25) is 14.7 Å². The van der Waals surface area contributed by atoms with Gasteiger partial charge in [-0.25, -0.2) is 0 Å². The van der Waals surface area contributed by atoms with Crippen LogP contribution in [0.4, 0.5) is 5.69 Å². The van der Waals surface area contributed by atoms with E-state index < -0.39 is 0 Å². The molecule has 1 aliphatic rings. The van der Waals surface area contributed by atoms with Crippen molar-refractivity contribution in [2.24, 2.45) is 5.92 Å². The Labute approximate surface area is 175 Å². The molecule has 2 amide bonds. The first-order valence-corrected chi connectivity index (χ1v) is 10.2. The van der Waals surface area contributed by atoms with Crippen molar-refractivity contribution < 1.29 is 14.3 Å². The van der Waals surface area contributed by atoms with Gasteiger partial charge in [0, 0.05) is 54.7 Å². The monoisotopic (exact) mass is 406 g/mol. The van der Waals surface area contributed by atoms with Gasteiger partial charge < -0.3 is 15.0 Å². The van der Waals surface area contributed by atoms with Crippen LogP contribution in [0, 0.1) is 5.92 Å². The van der Waals surface area contributed by atoms with Crippen molar-refractivity contribution in [2.45, 2.75) is 25.7 Å². The summed E-state index contributed by atoms with van der Waals surface area (Å²) in [6.07, 6.45) is 1.48. The quantitative estimate of drug-likeness (QED) is 0.562. The van der Waals surface area contributed by atoms with Gasteiger partial charge in [0.25, 0.3) is 0 Å². The van der Waals surface area contributed by atoms with Crippen molar-refractivity contribution in [3.63, 3.8) is 0 Å². The normalized spacial score (nSPS) is 17.5. The Morgan fingerprint density at radius 1 is 1.23 bits per heavy atom. The lowest BCUT2D eigenvalue weighted by Crippen LogP contribution is -2.35. The lowest BCUT2D eigenvalue weighted by molar-refractivity contribution is -0.120. The molecule has 30 heavy (non-hydrogen) atoms. The molecule has 2 unspecified atom stereocenters. The van der Waals surface area contributed by atoms with Crippen LogP contribution in [-0.4, -0.2) is 42.2 Å². The lowest BCUT2D eigenvalue weighted by atomic mass is 10.1. The highest BCUT2D eigenvalue weighted by Gasteiger charge is 2.47. The van der Waals surface area contributed by atoms with Gasteiger partial charge in [0.2, 0.25) is 11.8 Å². The highest BCUT2D eigenvalue weighted by Crippen LogP contribution is 2.50. The second-order valence-corrected chi connectivity index (χ2v) is 7.63. The van der Waals surface area contributed by atoms with Crippen LogP contribution in [0.3, 0.4) is 0 Å². The fourth-order valence-corrected chi connectivity index (χ4v) is 3.90. The Kier molecular flexibility index (Phi) is 5.70. The number of aromatic amines is 1. The maximum Gasteiger partial charge on any atom is 0.230 e. The van der Waals surface area contributed by atoms with E-state index in [1.54, 1.807) is 7.11 Å². The summed E-state index contributed by atoms with van der Waals surface area (Å²) < 4.78 is 5.34. The number of para-hydroxylation sites is 1. The molecule has 2 atom stereocenters. The van der Waals surface area contributed by atoms with Crippen LogP contribution in [-0.2, 0) is 9.59 Å². The molecule has 7 heteroatoms. The number of fused-ring (bicyclic) bond motifs is 1. The van der Waals surface area contributed by atoms with E-state index in [0.29, 0.717) is 25.3 Å². The Morgan fingerprint density at radius 2 is 2.07 bits per heavy atom. The van der Waals surface area contributed by atoms with Gasteiger partial charge in [-0.1, -0.05) is 24.3 Å². The zero-order valence-corrected chi connectivity index (χ0v) is 17.2. The summed E-state index contributed by atoms with van der Waals surface area (Å²) in [4.78, 5) is 26.4. The third-order valence-electron chi connectivity index (χ3n) is 5.53. The molecule has 1 fully saturated rings. The van der Waals surface area contributed by atoms with E-state index in [4.69, 9.17) is 4.74 Å². The topological polar surface area (TPSA) is 87.3 Å². The average molecular weight is 406 g/mol. The SMILES string of the molecule is COc1cccc(N(CCCNC(C)=O)C(=O)C2CC2c2[nH]nc3ccccc23)c1. The number of H-pyrrole nitrogens is 1. The average Bonchev–Trinajstić information content (AvgIpc) is 3.44. The highest BCUT2D eigenvalue weighted by atomic mass is 16.5. The molecule has 156 valence electrons. The summed E-state index contributed by atoms with van der Waals surface area (Å²) in [6.45, 7) is 2.55. The van der Waals surface area contributed by atoms with Gasteiger partial charge >= 0.3 is 0 Å². The van der Waals surface area contributed by atoms with E-state index in [1.807, 2.05) is 53.4 Å². The van der Waals surface area contributed by atoms with Crippen molar-refractivity contribution in [3.05, 3.63) is 54.2 Å². The first kappa shape index (κ1) is 19.9. The number of methoxy groups -OCH3 is 1. The van der Waals surface area contributed by atoms with E-state index in [-0.39, 0.29) is 23.7 Å². The second-order valence-electron chi connectivity index (χ2n) is 7.63. The molecule has 0 bridgehead atoms. The van der Waals surface area contributed by atoms with E-state index >= 15 is 0 Å². The third-order valence-corrected chi connectivity index (χ3v) is 5.53. The molecular weight excluding hydrogens is 380 g/mol. The number of nitrogens with one attached hydrogen (secondary N) is 2. The van der Waals surface area contributed by atoms with E-state index in [9.17, 15) is 9.59 Å². The Hall–Kier alpha value is -3.35. The van der Waals surface area contributed by atoms with Gasteiger partial charge in [-0.05, 0) is 31.0 Å². The number of rotatable bonds is 8. The predicted octanol–water partition coefficient (Wildman–Crippen LogP) is 3.23. The van der Waals surface area contributed by atoms with Crippen LogP contribution < -0.4 is 15.0 Å². The molecule has 1 aliphatic carbocycles. The maximum absolute atomic E-state index is 13.4. The molecule has 4 rings (SSSR count). The fourth-order valence-electron chi connectivity index (χ4n) is 3.90. The predicted molar refractivity (Wildman–Crippen MR) is 116 cm³/mol. The minimum absolute atomic E-state index is 0.0670. The van der Waals surface area contributed by atoms with E-state index in [1.165, 1.54) is 6.92 Å². The molecule has 7 nitrogen and oxygen atoms in total. The molecule has 1 heterocycles. The number of nitrogens with zero attached hydrogens (tertiary/aromatic N) is 2. The smallest absolute Gasteiger partial charge is 0.230 e. The first-order chi connectivity index (χ1) is 14.6. The number of amides is 2. The number of carbonyl (C=O) groups excluding carboxylic acids is 2. The van der Waals surface area contributed by atoms with Crippen LogP contribution >= 0.6 is 0 Å². The summed E-state index contributed by atoms with van der Waals surface area (Å²) in [5.41, 5.74) is 2.76. The molecule has 0 aliphatic heterocycles. The minimum Gasteiger partial charge on any atom is -0.497 e. The maximum atomic E-state index is 13.4. The van der Waals surface area contributed by atoms with Gasteiger partial charge in [0.05, 0.1) is 12.6 Å². The summed E-state index contributed by atoms with van der Waals surface area (Å²) in [5, 5.41) is 11.4. The Bertz CT molecular complexity index is 1060. The molecule has 2 N–H and O–H groups in total. The molecular formula is C23H26N4O3. The number of carbonyl (C=O) groups is 2. The molecule has 3 aromatic rings. The van der Waals surface area contributed by atoms with Crippen LogP contribution in [0.2, 0.25) is 0 Å². The second kappa shape index (κ2) is 8.57. The Balaban J connectivity index is 1.52. The minimum atomic E-state index is -0.0826. The number of aromatic nitrogens is 2. The van der Waals surface area contributed by atoms with Crippen LogP contribution in [0.1, 0.15) is 31.4 Å². The summed E-state index contributed by atoms with van der Waals surface area (Å²) in [5.74, 6) is 0.797. The molecule has 1 saturated carbocycles. The van der Waals surface area contributed by atoms with Crippen molar-refractivity contribution in [2.75, 3.05) is 25.1 Å². The van der Waals surface area contributed by atoms with Gasteiger partial charge in [0.15, 0.2) is 0 Å². The summed E-state index contributed by atoms with van der Waals surface area (Å²) in [6, 6.07) is 15.5. The molecule has 0 saturated heterocycles. The van der Waals surface area contributed by atoms with E-state index in [2.05, 4.69) is 15.5 Å². The van der Waals surface area contributed by atoms with Gasteiger partial charge in [-0.2, -0.15) is 5.10 Å². The van der Waals surface area contributed by atoms with Crippen LogP contribution in [0.5, 0.6) is 5.75 Å². The largest absolute Gasteiger partial charge is 0.497 e. The first-order valence-electron chi connectivity index (χ1n) is 10.2. The van der Waals surface area contributed by atoms with Gasteiger partial charge in [-0.15, -0.1) is 0 Å². The van der Waals surface area contributed by atoms with Crippen molar-refractivity contribution in [1.82, 2.24) is 15.5 Å². The molecule has 0 radical (unpaired) electrons. The lowest BCUT2D eigenvalue weighted by Gasteiger charge is -2.24. The summed E-state index contributed by atoms with van der Waals surface area (Å²) >= 11 is 0. The van der Waals surface area contributed by atoms with Crippen LogP contribution in [0.25, 0.3) is 10.9 Å². The van der Waals surface area contributed by atoms with Crippen LogP contribution in [0.15, 0.2) is 48.5 Å². The number of hydrogen-bond acceptors (Lipinski definition) is 4. The van der Waals surface area contributed by atoms with Crippen molar-refractivity contribution in [1.29, 1.82) is 0 Å². The number of ether oxygens (including phenoxy) is 1. The third kappa shape index (κ3) is 4.15. The highest BCUT2D eigenvalue weighted by molar-refractivity contribution is 5.98. The zero-order chi connectivity index (χ0) is 21.1. The van der Waals surface area contributed by atoms with Crippen molar-refractivity contribution in [3.8, 4) is 5.75 Å². The number of anilines is 1. The fraction of sp³-hybridized carbons (Fsp3) is 0.348. The van der Waals surface area contributed by atoms with Crippen molar-refractivity contribution >= 4 is 28.4 Å². The molecule has 1 aromatic heterocycles. The zero-order valence-electron chi connectivity index (χ0n) is 17.2. The van der Waals surface area contributed by atoms with E-state index in [0.717, 1.165) is 28.7 Å². The number of benzene rings is 2. The molecule has 0 spiro atoms. The molecule has 2 aromatic carbocycles. The Morgan fingerprint density at radius 3 is 2.87 bits per heavy atom. The standard InChI is InChI=1S/C23H26N4O3/c1-15(28)24-11-6-12-27(16-7-5-8-17(13-16)30-2)23(29)20-14-19(20)22-18-9-3-4-10-21(18)25-26-22/h3-5,7-10,13,19-20H,6,11-12,14H2,1-2H3,(H,24,28)(H,25,26). The number of hydrogen-bond donors (Lipinski definition) is 2.